The second-order valence-electron chi connectivity index (χ2n) is 13.9. The second kappa shape index (κ2) is 15.5. The monoisotopic (exact) mass is 662 g/mol. The summed E-state index contributed by atoms with van der Waals surface area (Å²) < 4.78 is 40.5. The van der Waals surface area contributed by atoms with Gasteiger partial charge < -0.3 is 29.3 Å². The molecule has 0 radical (unpaired) electrons. The molecule has 3 amide bonds. The number of likely N-dealkylation sites (tertiary alicyclic amines) is 1. The number of ether oxygens (including phenoxy) is 2. The third-order valence-electron chi connectivity index (χ3n) is 8.74. The summed E-state index contributed by atoms with van der Waals surface area (Å²) in [4.78, 5) is 46.0. The van der Waals surface area contributed by atoms with Crippen molar-refractivity contribution in [3.63, 3.8) is 0 Å². The van der Waals surface area contributed by atoms with Crippen molar-refractivity contribution in [2.75, 3.05) is 53.1 Å². The van der Waals surface area contributed by atoms with E-state index in [-0.39, 0.29) is 42.7 Å². The predicted molar refractivity (Wildman–Crippen MR) is 169 cm³/mol. The van der Waals surface area contributed by atoms with E-state index < -0.39 is 47.1 Å². The van der Waals surface area contributed by atoms with Crippen LogP contribution in [0.2, 0.25) is 0 Å². The number of hydrogen-bond donors (Lipinski definition) is 1. The molecule has 4 rings (SSSR count). The van der Waals surface area contributed by atoms with E-state index in [0.717, 1.165) is 18.2 Å². The van der Waals surface area contributed by atoms with Crippen LogP contribution in [0, 0.1) is 28.9 Å². The Kier molecular flexibility index (Phi) is 11.9. The van der Waals surface area contributed by atoms with Gasteiger partial charge in [-0.2, -0.15) is 0 Å². The van der Waals surface area contributed by atoms with Crippen LogP contribution in [-0.2, 0) is 20.7 Å². The second-order valence-corrected chi connectivity index (χ2v) is 13.9. The van der Waals surface area contributed by atoms with Crippen LogP contribution in [0.3, 0.4) is 0 Å². The Hall–Kier alpha value is -3.65. The molecule has 3 heterocycles. The number of morpholine rings is 1. The molecule has 1 aromatic heterocycles. The number of unbranched alkanes of at least 4 members (excludes halogenated alkanes) is 1. The van der Waals surface area contributed by atoms with E-state index in [4.69, 9.17) is 9.47 Å². The Labute approximate surface area is 275 Å². The first-order valence-corrected chi connectivity index (χ1v) is 16.3. The fraction of sp³-hybridized carbons (Fsp3) is 0.667. The summed E-state index contributed by atoms with van der Waals surface area (Å²) in [5.41, 5.74) is -0.122. The van der Waals surface area contributed by atoms with Crippen molar-refractivity contribution in [2.24, 2.45) is 17.3 Å². The topological polar surface area (TPSA) is 130 Å². The summed E-state index contributed by atoms with van der Waals surface area (Å²) in [5.74, 6) is -2.93. The molecule has 3 atom stereocenters. The molecule has 0 bridgehead atoms. The number of methoxy groups -OCH3 is 1. The highest BCUT2D eigenvalue weighted by Crippen LogP contribution is 2.38. The molecule has 0 spiro atoms. The van der Waals surface area contributed by atoms with E-state index in [1.54, 1.807) is 16.9 Å². The number of amides is 3. The molecule has 2 aliphatic heterocycles. The molecule has 1 unspecified atom stereocenters. The van der Waals surface area contributed by atoms with Gasteiger partial charge in [0.2, 0.25) is 5.91 Å². The normalized spacial score (nSPS) is 20.5. The molecule has 12 nitrogen and oxygen atoms in total. The zero-order valence-electron chi connectivity index (χ0n) is 28.2. The fourth-order valence-electron chi connectivity index (χ4n) is 6.81. The Morgan fingerprint density at radius 1 is 1.11 bits per heavy atom. The van der Waals surface area contributed by atoms with E-state index in [9.17, 15) is 28.3 Å². The van der Waals surface area contributed by atoms with Gasteiger partial charge in [0.05, 0.1) is 42.6 Å². The Morgan fingerprint density at radius 3 is 2.34 bits per heavy atom. The van der Waals surface area contributed by atoms with Crippen molar-refractivity contribution in [1.29, 1.82) is 0 Å². The third kappa shape index (κ3) is 8.64. The lowest BCUT2D eigenvalue weighted by atomic mass is 9.74. The number of carbonyl (C=O) groups excluding carboxylic acids is 2. The molecule has 0 aliphatic carbocycles. The summed E-state index contributed by atoms with van der Waals surface area (Å²) in [6, 6.07) is 1.69. The Bertz CT molecular complexity index is 1390. The molecule has 47 heavy (non-hydrogen) atoms. The van der Waals surface area contributed by atoms with Gasteiger partial charge in [-0.1, -0.05) is 39.8 Å². The standard InChI is InChI=1S/C33H48F2N6O6/c1-21(2)19-39(27-15-22(30(42)38-10-13-47-14-11-38)20-40(32(44)45)29(27)33(3,4)5)31(43)28-26(9-7-8-12-46-6)41(37-36-28)25-17-23(34)16-24(35)18-25/h16-18,21-22,27,29H,7-15,19-20H2,1-6H3,(H,44,45)/t22-,27+,29?/m1/s1. The number of carboxylic acid groups (broad SMARTS) is 1. The van der Waals surface area contributed by atoms with E-state index in [0.29, 0.717) is 57.9 Å². The molecule has 2 aliphatic rings. The van der Waals surface area contributed by atoms with Crippen LogP contribution >= 0.6 is 0 Å². The molecule has 2 aromatic rings. The van der Waals surface area contributed by atoms with Gasteiger partial charge in [-0.25, -0.2) is 18.3 Å². The maximum absolute atomic E-state index is 14.8. The summed E-state index contributed by atoms with van der Waals surface area (Å²) in [6.07, 6.45) is 0.658. The van der Waals surface area contributed by atoms with Gasteiger partial charge in [0.1, 0.15) is 11.6 Å². The first-order valence-electron chi connectivity index (χ1n) is 16.3. The van der Waals surface area contributed by atoms with Crippen molar-refractivity contribution in [1.82, 2.24) is 29.7 Å². The van der Waals surface area contributed by atoms with Gasteiger partial charge in [-0.15, -0.1) is 5.10 Å². The lowest BCUT2D eigenvalue weighted by Crippen LogP contribution is -2.66. The zero-order chi connectivity index (χ0) is 34.5. The molecular formula is C33H48F2N6O6. The number of aromatic nitrogens is 3. The van der Waals surface area contributed by atoms with Crippen LogP contribution in [0.25, 0.3) is 5.69 Å². The highest BCUT2D eigenvalue weighted by molar-refractivity contribution is 5.94. The van der Waals surface area contributed by atoms with Gasteiger partial charge in [0, 0.05) is 46.0 Å². The lowest BCUT2D eigenvalue weighted by Gasteiger charge is -2.52. The van der Waals surface area contributed by atoms with Crippen molar-refractivity contribution in [3.05, 3.63) is 41.2 Å². The first kappa shape index (κ1) is 36.2. The summed E-state index contributed by atoms with van der Waals surface area (Å²) in [5, 5.41) is 18.9. The number of halogens is 2. The van der Waals surface area contributed by atoms with Gasteiger partial charge in [0.25, 0.3) is 5.91 Å². The smallest absolute Gasteiger partial charge is 0.407 e. The van der Waals surface area contributed by atoms with Gasteiger partial charge >= 0.3 is 6.09 Å². The van der Waals surface area contributed by atoms with Crippen molar-refractivity contribution >= 4 is 17.9 Å². The molecule has 14 heteroatoms. The van der Waals surface area contributed by atoms with E-state index in [2.05, 4.69) is 10.3 Å². The SMILES string of the molecule is COCCCCc1c(C(=O)N(CC(C)C)[C@H]2C[C@@H](C(=O)N3CCOCC3)CN(C(=O)O)C2C(C)(C)C)nnn1-c1cc(F)cc(F)c1. The number of rotatable bonds is 11. The van der Waals surface area contributed by atoms with Crippen LogP contribution < -0.4 is 0 Å². The number of piperidine rings is 1. The largest absolute Gasteiger partial charge is 0.465 e. The molecule has 1 N–H and O–H groups in total. The van der Waals surface area contributed by atoms with Gasteiger partial charge in [0.15, 0.2) is 5.69 Å². The quantitative estimate of drug-likeness (QED) is 0.354. The summed E-state index contributed by atoms with van der Waals surface area (Å²) in [7, 11) is 1.59. The minimum absolute atomic E-state index is 0.0136. The van der Waals surface area contributed by atoms with Crippen LogP contribution in [0.15, 0.2) is 18.2 Å². The summed E-state index contributed by atoms with van der Waals surface area (Å²) >= 11 is 0. The Morgan fingerprint density at radius 2 is 1.77 bits per heavy atom. The number of carbonyl (C=O) groups is 3. The molecular weight excluding hydrogens is 614 g/mol. The average molecular weight is 663 g/mol. The molecule has 260 valence electrons. The third-order valence-corrected chi connectivity index (χ3v) is 8.74. The lowest BCUT2D eigenvalue weighted by molar-refractivity contribution is -0.144. The highest BCUT2D eigenvalue weighted by atomic mass is 19.1. The van der Waals surface area contributed by atoms with Crippen molar-refractivity contribution in [3.8, 4) is 5.69 Å². The zero-order valence-corrected chi connectivity index (χ0v) is 28.2. The molecule has 2 saturated heterocycles. The average Bonchev–Trinajstić information content (AvgIpc) is 3.44. The summed E-state index contributed by atoms with van der Waals surface area (Å²) in [6.45, 7) is 12.1. The molecule has 0 saturated carbocycles. The Balaban J connectivity index is 1.81. The van der Waals surface area contributed by atoms with Crippen LogP contribution in [0.4, 0.5) is 13.6 Å². The fourth-order valence-corrected chi connectivity index (χ4v) is 6.81. The predicted octanol–water partition coefficient (Wildman–Crippen LogP) is 4.25. The number of nitrogens with zero attached hydrogens (tertiary/aromatic N) is 6. The minimum Gasteiger partial charge on any atom is -0.465 e. The van der Waals surface area contributed by atoms with E-state index in [1.807, 2.05) is 34.6 Å². The molecule has 2 fully saturated rings. The maximum atomic E-state index is 14.8. The van der Waals surface area contributed by atoms with Crippen molar-refractivity contribution in [2.45, 2.75) is 72.4 Å². The van der Waals surface area contributed by atoms with Gasteiger partial charge in [-0.05, 0) is 49.1 Å². The van der Waals surface area contributed by atoms with Gasteiger partial charge in [-0.3, -0.25) is 9.59 Å². The van der Waals surface area contributed by atoms with Crippen molar-refractivity contribution < 1.29 is 37.7 Å². The van der Waals surface area contributed by atoms with Crippen LogP contribution in [0.1, 0.15) is 70.1 Å². The van der Waals surface area contributed by atoms with E-state index >= 15 is 0 Å². The minimum atomic E-state index is -1.16. The molecule has 1 aromatic carbocycles. The maximum Gasteiger partial charge on any atom is 0.407 e. The number of benzene rings is 1. The van der Waals surface area contributed by atoms with Crippen LogP contribution in [-0.4, -0.2) is 118 Å². The number of hydrogen-bond acceptors (Lipinski definition) is 7. The highest BCUT2D eigenvalue weighted by Gasteiger charge is 2.50. The first-order chi connectivity index (χ1) is 22.2. The van der Waals surface area contributed by atoms with Crippen LogP contribution in [0.5, 0.6) is 0 Å². The van der Waals surface area contributed by atoms with E-state index in [1.165, 1.54) is 9.58 Å².